The molecule has 3 aromatic rings. The van der Waals surface area contributed by atoms with Crippen molar-refractivity contribution in [2.75, 3.05) is 19.5 Å². The SMILES string of the molecule is COc1ncc(-c2c(CNC(C)=O)ccc(NC(=O)C3CCCCC3)c2CC2CCC(c3ccc(OC)c(C)c3)CC2)s1. The Hall–Kier alpha value is -3.39. The van der Waals surface area contributed by atoms with Crippen molar-refractivity contribution in [3.8, 4) is 21.4 Å². The quantitative estimate of drug-likeness (QED) is 0.247. The van der Waals surface area contributed by atoms with Gasteiger partial charge in [-0.3, -0.25) is 9.59 Å². The van der Waals surface area contributed by atoms with Gasteiger partial charge < -0.3 is 20.1 Å². The third-order valence-electron chi connectivity index (χ3n) is 9.30. The number of aromatic nitrogens is 1. The Kier molecular flexibility index (Phi) is 10.4. The van der Waals surface area contributed by atoms with Crippen molar-refractivity contribution >= 4 is 28.8 Å². The van der Waals surface area contributed by atoms with Gasteiger partial charge in [-0.25, -0.2) is 4.98 Å². The number of aryl methyl sites for hydroxylation is 1. The fraction of sp³-hybridized carbons (Fsp3) is 0.514. The number of benzene rings is 2. The number of hydrogen-bond donors (Lipinski definition) is 2. The molecule has 2 fully saturated rings. The maximum Gasteiger partial charge on any atom is 0.273 e. The van der Waals surface area contributed by atoms with E-state index in [1.165, 1.54) is 35.8 Å². The average Bonchev–Trinajstić information content (AvgIpc) is 3.50. The first-order chi connectivity index (χ1) is 20.9. The summed E-state index contributed by atoms with van der Waals surface area (Å²) in [5.74, 6) is 2.09. The van der Waals surface area contributed by atoms with Crippen LogP contribution in [0, 0.1) is 18.8 Å². The van der Waals surface area contributed by atoms with E-state index in [0.717, 1.165) is 90.8 Å². The molecule has 0 atom stereocenters. The standard InChI is InChI=1S/C35H45N3O4S/c1-22-18-27(15-17-31(22)41-3)25-12-10-24(11-13-25)19-29-30(38-34(40)26-8-6-5-7-9-26)16-14-28(20-36-23(2)39)33(29)32-21-37-35(42-4)43-32/h14-18,21,24-26H,5-13,19-20H2,1-4H3,(H,36,39)(H,38,40). The summed E-state index contributed by atoms with van der Waals surface area (Å²) in [5, 5.41) is 6.95. The van der Waals surface area contributed by atoms with Crippen LogP contribution in [0.2, 0.25) is 0 Å². The van der Waals surface area contributed by atoms with Crippen LogP contribution < -0.4 is 20.1 Å². The Morgan fingerprint density at radius 3 is 2.40 bits per heavy atom. The van der Waals surface area contributed by atoms with E-state index in [2.05, 4.69) is 40.7 Å². The average molecular weight is 604 g/mol. The second-order valence-corrected chi connectivity index (χ2v) is 13.2. The van der Waals surface area contributed by atoms with Crippen molar-refractivity contribution in [1.82, 2.24) is 10.3 Å². The third kappa shape index (κ3) is 7.58. The zero-order valence-corrected chi connectivity index (χ0v) is 26.8. The minimum absolute atomic E-state index is 0.0657. The van der Waals surface area contributed by atoms with Crippen LogP contribution in [0.4, 0.5) is 5.69 Å². The maximum absolute atomic E-state index is 13.5. The smallest absolute Gasteiger partial charge is 0.273 e. The lowest BCUT2D eigenvalue weighted by Crippen LogP contribution is -2.26. The Morgan fingerprint density at radius 1 is 0.977 bits per heavy atom. The number of thiazole rings is 1. The zero-order valence-electron chi connectivity index (χ0n) is 26.0. The summed E-state index contributed by atoms with van der Waals surface area (Å²) in [6.07, 6.45) is 12.6. The van der Waals surface area contributed by atoms with Crippen molar-refractivity contribution in [2.45, 2.75) is 90.5 Å². The second kappa shape index (κ2) is 14.4. The molecule has 230 valence electrons. The van der Waals surface area contributed by atoms with E-state index in [9.17, 15) is 9.59 Å². The highest BCUT2D eigenvalue weighted by molar-refractivity contribution is 7.16. The van der Waals surface area contributed by atoms with E-state index < -0.39 is 0 Å². The second-order valence-electron chi connectivity index (χ2n) is 12.2. The summed E-state index contributed by atoms with van der Waals surface area (Å²) in [6.45, 7) is 4.07. The lowest BCUT2D eigenvalue weighted by atomic mass is 9.75. The molecule has 43 heavy (non-hydrogen) atoms. The number of hydrogen-bond acceptors (Lipinski definition) is 6. The predicted octanol–water partition coefficient (Wildman–Crippen LogP) is 7.81. The summed E-state index contributed by atoms with van der Waals surface area (Å²) in [6, 6.07) is 10.7. The molecular formula is C35H45N3O4S. The van der Waals surface area contributed by atoms with E-state index in [1.807, 2.05) is 18.3 Å². The molecule has 0 spiro atoms. The number of methoxy groups -OCH3 is 2. The van der Waals surface area contributed by atoms with Crippen molar-refractivity contribution in [3.63, 3.8) is 0 Å². The van der Waals surface area contributed by atoms with Gasteiger partial charge in [0, 0.05) is 36.8 Å². The number of nitrogens with one attached hydrogen (secondary N) is 2. The van der Waals surface area contributed by atoms with Gasteiger partial charge in [0.25, 0.3) is 5.19 Å². The highest BCUT2D eigenvalue weighted by Gasteiger charge is 2.28. The number of rotatable bonds is 10. The highest BCUT2D eigenvalue weighted by atomic mass is 32.1. The lowest BCUT2D eigenvalue weighted by Gasteiger charge is -2.31. The van der Waals surface area contributed by atoms with E-state index in [-0.39, 0.29) is 17.7 Å². The molecule has 5 rings (SSSR count). The first-order valence-corrected chi connectivity index (χ1v) is 16.5. The van der Waals surface area contributed by atoms with E-state index in [4.69, 9.17) is 9.47 Å². The van der Waals surface area contributed by atoms with E-state index >= 15 is 0 Å². The summed E-state index contributed by atoms with van der Waals surface area (Å²) < 4.78 is 10.9. The van der Waals surface area contributed by atoms with Crippen LogP contribution in [-0.2, 0) is 22.6 Å². The van der Waals surface area contributed by atoms with Gasteiger partial charge in [-0.05, 0) is 98.1 Å². The number of nitrogens with zero attached hydrogens (tertiary/aromatic N) is 1. The van der Waals surface area contributed by atoms with Crippen LogP contribution in [-0.4, -0.2) is 31.0 Å². The first-order valence-electron chi connectivity index (χ1n) is 15.7. The Morgan fingerprint density at radius 2 is 1.74 bits per heavy atom. The number of anilines is 1. The fourth-order valence-electron chi connectivity index (χ4n) is 6.91. The van der Waals surface area contributed by atoms with Gasteiger partial charge in [0.1, 0.15) is 5.75 Å². The minimum Gasteiger partial charge on any atom is -0.496 e. The number of ether oxygens (including phenoxy) is 2. The van der Waals surface area contributed by atoms with Gasteiger partial charge in [-0.2, -0.15) is 0 Å². The summed E-state index contributed by atoms with van der Waals surface area (Å²) in [7, 11) is 3.35. The van der Waals surface area contributed by atoms with E-state index in [1.54, 1.807) is 14.2 Å². The summed E-state index contributed by atoms with van der Waals surface area (Å²) in [5.41, 5.74) is 6.69. The molecule has 0 unspecified atom stereocenters. The fourth-order valence-corrected chi connectivity index (χ4v) is 7.75. The molecular weight excluding hydrogens is 558 g/mol. The van der Waals surface area contributed by atoms with Crippen LogP contribution in [0.5, 0.6) is 10.9 Å². The van der Waals surface area contributed by atoms with Crippen LogP contribution in [0.3, 0.4) is 0 Å². The van der Waals surface area contributed by atoms with Crippen LogP contribution in [0.15, 0.2) is 36.5 Å². The molecule has 2 N–H and O–H groups in total. The van der Waals surface area contributed by atoms with Crippen molar-refractivity contribution in [1.29, 1.82) is 0 Å². The Balaban J connectivity index is 1.45. The van der Waals surface area contributed by atoms with Crippen LogP contribution in [0.25, 0.3) is 10.4 Å². The summed E-state index contributed by atoms with van der Waals surface area (Å²) in [4.78, 5) is 30.8. The van der Waals surface area contributed by atoms with Gasteiger partial charge in [-0.1, -0.05) is 48.8 Å². The van der Waals surface area contributed by atoms with Crippen molar-refractivity contribution in [3.05, 3.63) is 58.8 Å². The van der Waals surface area contributed by atoms with Gasteiger partial charge in [-0.15, -0.1) is 0 Å². The zero-order chi connectivity index (χ0) is 30.3. The van der Waals surface area contributed by atoms with Gasteiger partial charge in [0.05, 0.1) is 19.1 Å². The van der Waals surface area contributed by atoms with E-state index in [0.29, 0.717) is 23.6 Å². The first kappa shape index (κ1) is 31.0. The van der Waals surface area contributed by atoms with Gasteiger partial charge >= 0.3 is 0 Å². The lowest BCUT2D eigenvalue weighted by molar-refractivity contribution is -0.121. The Bertz CT molecular complexity index is 1420. The molecule has 1 aromatic heterocycles. The normalized spacial score (nSPS) is 19.1. The van der Waals surface area contributed by atoms with Crippen LogP contribution in [0.1, 0.15) is 92.9 Å². The molecule has 0 saturated heterocycles. The number of carbonyl (C=O) groups is 2. The summed E-state index contributed by atoms with van der Waals surface area (Å²) >= 11 is 1.50. The molecule has 2 aliphatic carbocycles. The topological polar surface area (TPSA) is 89.5 Å². The molecule has 2 aromatic carbocycles. The Labute approximate surface area is 259 Å². The molecule has 0 aliphatic heterocycles. The minimum atomic E-state index is -0.0730. The molecule has 2 aliphatic rings. The highest BCUT2D eigenvalue weighted by Crippen LogP contribution is 2.43. The largest absolute Gasteiger partial charge is 0.496 e. The van der Waals surface area contributed by atoms with Crippen molar-refractivity contribution < 1.29 is 19.1 Å². The van der Waals surface area contributed by atoms with Gasteiger partial charge in [0.15, 0.2) is 0 Å². The van der Waals surface area contributed by atoms with Crippen LogP contribution >= 0.6 is 11.3 Å². The van der Waals surface area contributed by atoms with Gasteiger partial charge in [0.2, 0.25) is 11.8 Å². The molecule has 0 radical (unpaired) electrons. The van der Waals surface area contributed by atoms with Crippen molar-refractivity contribution in [2.24, 2.45) is 11.8 Å². The monoisotopic (exact) mass is 603 g/mol. The maximum atomic E-state index is 13.5. The molecule has 2 amide bonds. The molecule has 0 bridgehead atoms. The third-order valence-corrected chi connectivity index (χ3v) is 10.3. The molecule has 8 heteroatoms. The number of carbonyl (C=O) groups excluding carboxylic acids is 2. The number of amides is 2. The molecule has 1 heterocycles. The molecule has 7 nitrogen and oxygen atoms in total. The molecule has 2 saturated carbocycles. The predicted molar refractivity (Wildman–Crippen MR) is 173 cm³/mol.